The van der Waals surface area contributed by atoms with E-state index in [-0.39, 0.29) is 0 Å². The molecule has 3 heterocycles. The van der Waals surface area contributed by atoms with E-state index in [1.54, 1.807) is 7.11 Å². The number of anilines is 3. The quantitative estimate of drug-likeness (QED) is 0.512. The number of halogens is 1. The lowest BCUT2D eigenvalue weighted by Crippen LogP contribution is -2.36. The maximum atomic E-state index is 6.54. The molecule has 0 saturated carbocycles. The second-order valence-electron chi connectivity index (χ2n) is 7.93. The van der Waals surface area contributed by atoms with E-state index in [1.165, 1.54) is 27.5 Å². The number of morpholine rings is 1. The maximum absolute atomic E-state index is 6.54. The summed E-state index contributed by atoms with van der Waals surface area (Å²) in [6.45, 7) is 8.58. The summed E-state index contributed by atoms with van der Waals surface area (Å²) in [6, 6.07) is 10.8. The van der Waals surface area contributed by atoms with Crippen molar-refractivity contribution in [2.24, 2.45) is 0 Å². The van der Waals surface area contributed by atoms with E-state index >= 15 is 0 Å². The Morgan fingerprint density at radius 3 is 2.68 bits per heavy atom. The molecule has 1 fully saturated rings. The van der Waals surface area contributed by atoms with Crippen LogP contribution in [0.1, 0.15) is 11.3 Å². The number of fused-ring (bicyclic) bond motifs is 2. The molecular formula is C24H26ClN3O2S. The standard InChI is InChI=1S/C24H26ClN3O2S/c1-15-16(2)26-20-14-22(29-3)19(25)13-18(20)24(15)28-8-11-31-23-5-4-17(12-21(23)28)27-6-9-30-10-7-27/h4-5,12-14H,6-11H2,1-3H3. The fourth-order valence-corrected chi connectivity index (χ4v) is 5.64. The van der Waals surface area contributed by atoms with Crippen molar-refractivity contribution in [3.63, 3.8) is 0 Å². The molecule has 0 bridgehead atoms. The maximum Gasteiger partial charge on any atom is 0.139 e. The van der Waals surface area contributed by atoms with Gasteiger partial charge >= 0.3 is 0 Å². The number of ether oxygens (including phenoxy) is 2. The molecule has 0 unspecified atom stereocenters. The minimum absolute atomic E-state index is 0.606. The molecule has 162 valence electrons. The number of thioether (sulfide) groups is 1. The topological polar surface area (TPSA) is 37.8 Å². The van der Waals surface area contributed by atoms with Crippen LogP contribution >= 0.6 is 23.4 Å². The number of rotatable bonds is 3. The molecule has 3 aromatic rings. The van der Waals surface area contributed by atoms with Crippen LogP contribution < -0.4 is 14.5 Å². The Kier molecular flexibility index (Phi) is 5.63. The average Bonchev–Trinajstić information content (AvgIpc) is 2.80. The first-order valence-corrected chi connectivity index (χ1v) is 11.9. The lowest BCUT2D eigenvalue weighted by molar-refractivity contribution is 0.122. The number of aromatic nitrogens is 1. The number of pyridine rings is 1. The Morgan fingerprint density at radius 1 is 1.10 bits per heavy atom. The van der Waals surface area contributed by atoms with Crippen LogP contribution in [0.15, 0.2) is 35.2 Å². The molecule has 2 aliphatic rings. The second kappa shape index (κ2) is 8.41. The molecule has 7 heteroatoms. The number of aryl methyl sites for hydroxylation is 1. The van der Waals surface area contributed by atoms with Crippen LogP contribution in [0.3, 0.4) is 0 Å². The molecule has 31 heavy (non-hydrogen) atoms. The molecule has 0 atom stereocenters. The van der Waals surface area contributed by atoms with Gasteiger partial charge in [-0.05, 0) is 43.7 Å². The monoisotopic (exact) mass is 455 g/mol. The molecule has 5 nitrogen and oxygen atoms in total. The van der Waals surface area contributed by atoms with Gasteiger partial charge in [-0.3, -0.25) is 4.98 Å². The third-order valence-corrected chi connectivity index (χ3v) is 7.50. The van der Waals surface area contributed by atoms with Crippen molar-refractivity contribution >= 4 is 51.3 Å². The van der Waals surface area contributed by atoms with Gasteiger partial charge in [-0.1, -0.05) is 11.6 Å². The predicted molar refractivity (Wildman–Crippen MR) is 130 cm³/mol. The minimum Gasteiger partial charge on any atom is -0.495 e. The summed E-state index contributed by atoms with van der Waals surface area (Å²) in [6.07, 6.45) is 0. The zero-order chi connectivity index (χ0) is 21.5. The molecule has 0 spiro atoms. The number of hydrogen-bond acceptors (Lipinski definition) is 6. The van der Waals surface area contributed by atoms with Crippen LogP contribution in [0.5, 0.6) is 5.75 Å². The van der Waals surface area contributed by atoms with E-state index in [4.69, 9.17) is 26.1 Å². The van der Waals surface area contributed by atoms with Crippen molar-refractivity contribution in [3.05, 3.63) is 46.6 Å². The van der Waals surface area contributed by atoms with Gasteiger partial charge in [0.15, 0.2) is 0 Å². The largest absolute Gasteiger partial charge is 0.495 e. The molecular weight excluding hydrogens is 430 g/mol. The number of methoxy groups -OCH3 is 1. The Labute approximate surface area is 192 Å². The fraction of sp³-hybridized carbons (Fsp3) is 0.375. The van der Waals surface area contributed by atoms with Crippen LogP contribution in [0.2, 0.25) is 5.02 Å². The van der Waals surface area contributed by atoms with E-state index in [0.29, 0.717) is 10.8 Å². The zero-order valence-corrected chi connectivity index (χ0v) is 19.6. The third kappa shape index (κ3) is 3.71. The SMILES string of the molecule is COc1cc2nc(C)c(C)c(N3CCSc4ccc(N5CCOCC5)cc43)c2cc1Cl. The van der Waals surface area contributed by atoms with Gasteiger partial charge < -0.3 is 19.3 Å². The summed E-state index contributed by atoms with van der Waals surface area (Å²) in [7, 11) is 1.64. The van der Waals surface area contributed by atoms with Crippen LogP contribution in [0.25, 0.3) is 10.9 Å². The molecule has 0 radical (unpaired) electrons. The Hall–Kier alpha value is -2.15. The highest BCUT2D eigenvalue weighted by Gasteiger charge is 2.25. The van der Waals surface area contributed by atoms with E-state index in [2.05, 4.69) is 41.8 Å². The molecule has 1 saturated heterocycles. The molecule has 2 aromatic carbocycles. The molecule has 1 aromatic heterocycles. The number of benzene rings is 2. The summed E-state index contributed by atoms with van der Waals surface area (Å²) >= 11 is 8.46. The highest BCUT2D eigenvalue weighted by molar-refractivity contribution is 7.99. The highest BCUT2D eigenvalue weighted by Crippen LogP contribution is 2.45. The zero-order valence-electron chi connectivity index (χ0n) is 18.1. The molecule has 0 amide bonds. The van der Waals surface area contributed by atoms with Crippen LogP contribution in [0, 0.1) is 13.8 Å². The van der Waals surface area contributed by atoms with Gasteiger partial charge in [0.05, 0.1) is 42.2 Å². The van der Waals surface area contributed by atoms with E-state index in [9.17, 15) is 0 Å². The number of nitrogens with zero attached hydrogens (tertiary/aromatic N) is 3. The minimum atomic E-state index is 0.606. The van der Waals surface area contributed by atoms with Crippen molar-refractivity contribution in [1.29, 1.82) is 0 Å². The van der Waals surface area contributed by atoms with Gasteiger partial charge in [0.2, 0.25) is 0 Å². The van der Waals surface area contributed by atoms with E-state index in [0.717, 1.165) is 55.2 Å². The van der Waals surface area contributed by atoms with Crippen molar-refractivity contribution in [1.82, 2.24) is 4.98 Å². The molecule has 5 rings (SSSR count). The molecule has 0 aliphatic carbocycles. The lowest BCUT2D eigenvalue weighted by atomic mass is 10.0. The Balaban J connectivity index is 1.68. The molecule has 0 N–H and O–H groups in total. The Morgan fingerprint density at radius 2 is 1.90 bits per heavy atom. The number of hydrogen-bond donors (Lipinski definition) is 0. The first-order chi connectivity index (χ1) is 15.1. The van der Waals surface area contributed by atoms with Gasteiger partial charge in [0.1, 0.15) is 5.75 Å². The van der Waals surface area contributed by atoms with E-state index < -0.39 is 0 Å². The van der Waals surface area contributed by atoms with Crippen LogP contribution in [-0.2, 0) is 4.74 Å². The summed E-state index contributed by atoms with van der Waals surface area (Å²) in [5.41, 5.74) is 6.81. The summed E-state index contributed by atoms with van der Waals surface area (Å²) in [5, 5.41) is 1.67. The smallest absolute Gasteiger partial charge is 0.139 e. The molecule has 2 aliphatic heterocycles. The predicted octanol–water partition coefficient (Wildman–Crippen LogP) is 5.59. The second-order valence-corrected chi connectivity index (χ2v) is 9.47. The Bertz CT molecular complexity index is 1150. The van der Waals surface area contributed by atoms with Crippen molar-refractivity contribution < 1.29 is 9.47 Å². The van der Waals surface area contributed by atoms with Gasteiger partial charge in [-0.2, -0.15) is 0 Å². The van der Waals surface area contributed by atoms with Crippen molar-refractivity contribution in [3.8, 4) is 5.75 Å². The summed E-state index contributed by atoms with van der Waals surface area (Å²) in [5.74, 6) is 1.69. The van der Waals surface area contributed by atoms with Crippen LogP contribution in [0.4, 0.5) is 17.1 Å². The van der Waals surface area contributed by atoms with Gasteiger partial charge in [0, 0.05) is 53.1 Å². The lowest BCUT2D eigenvalue weighted by Gasteiger charge is -2.35. The highest BCUT2D eigenvalue weighted by atomic mass is 35.5. The summed E-state index contributed by atoms with van der Waals surface area (Å²) in [4.78, 5) is 11.0. The van der Waals surface area contributed by atoms with Crippen LogP contribution in [-0.4, -0.2) is 50.7 Å². The normalized spacial score (nSPS) is 16.5. The first kappa shape index (κ1) is 20.7. The van der Waals surface area contributed by atoms with E-state index in [1.807, 2.05) is 23.9 Å². The van der Waals surface area contributed by atoms with Gasteiger partial charge in [-0.15, -0.1) is 11.8 Å². The van der Waals surface area contributed by atoms with Crippen molar-refractivity contribution in [2.75, 3.05) is 55.5 Å². The average molecular weight is 456 g/mol. The fourth-order valence-electron chi connectivity index (χ4n) is 4.42. The third-order valence-electron chi connectivity index (χ3n) is 6.16. The van der Waals surface area contributed by atoms with Gasteiger partial charge in [0.25, 0.3) is 0 Å². The van der Waals surface area contributed by atoms with Crippen molar-refractivity contribution in [2.45, 2.75) is 18.7 Å². The summed E-state index contributed by atoms with van der Waals surface area (Å²) < 4.78 is 11.0. The first-order valence-electron chi connectivity index (χ1n) is 10.6. The van der Waals surface area contributed by atoms with Gasteiger partial charge in [-0.25, -0.2) is 0 Å².